The smallest absolute Gasteiger partial charge is 0.269 e. The SMILES string of the molecule is O=[N+]([O-])c1ccc(S(=O)(=O)N(C[C@@H](O)C[NH+](CCO)CCO)c2ccccc2)cc1. The molecule has 0 saturated carbocycles. The Labute approximate surface area is 174 Å². The highest BCUT2D eigenvalue weighted by atomic mass is 32.2. The van der Waals surface area contributed by atoms with Crippen molar-refractivity contribution in [3.8, 4) is 0 Å². The molecule has 0 fully saturated rings. The Morgan fingerprint density at radius 3 is 2.07 bits per heavy atom. The van der Waals surface area contributed by atoms with Crippen LogP contribution in [0.4, 0.5) is 11.4 Å². The minimum Gasteiger partial charge on any atom is -0.391 e. The van der Waals surface area contributed by atoms with Crippen LogP contribution in [0.3, 0.4) is 0 Å². The molecule has 2 aromatic rings. The number of aliphatic hydroxyl groups excluding tert-OH is 3. The molecule has 10 nitrogen and oxygen atoms in total. The molecule has 0 unspecified atom stereocenters. The summed E-state index contributed by atoms with van der Waals surface area (Å²) in [5, 5.41) is 39.7. The van der Waals surface area contributed by atoms with Crippen molar-refractivity contribution in [2.75, 3.05) is 43.7 Å². The van der Waals surface area contributed by atoms with Crippen LogP contribution in [0, 0.1) is 10.1 Å². The first-order valence-electron chi connectivity index (χ1n) is 9.35. The number of nitro groups is 1. The zero-order chi connectivity index (χ0) is 22.1. The van der Waals surface area contributed by atoms with Gasteiger partial charge in [0.25, 0.3) is 15.7 Å². The van der Waals surface area contributed by atoms with Crippen molar-refractivity contribution < 1.29 is 33.6 Å². The largest absolute Gasteiger partial charge is 0.391 e. The van der Waals surface area contributed by atoms with E-state index in [0.29, 0.717) is 18.8 Å². The quantitative estimate of drug-likeness (QED) is 0.245. The van der Waals surface area contributed by atoms with Gasteiger partial charge in [0.1, 0.15) is 25.7 Å². The van der Waals surface area contributed by atoms with Crippen molar-refractivity contribution in [3.05, 3.63) is 64.7 Å². The Balaban J connectivity index is 2.32. The van der Waals surface area contributed by atoms with E-state index in [4.69, 9.17) is 10.2 Å². The Bertz CT molecular complexity index is 901. The van der Waals surface area contributed by atoms with E-state index in [9.17, 15) is 23.6 Å². The van der Waals surface area contributed by atoms with Crippen LogP contribution in [0.2, 0.25) is 0 Å². The average molecular weight is 440 g/mol. The Kier molecular flexibility index (Phi) is 8.69. The molecule has 164 valence electrons. The molecule has 0 radical (unpaired) electrons. The lowest BCUT2D eigenvalue weighted by atomic mass is 10.2. The van der Waals surface area contributed by atoms with Gasteiger partial charge in [-0.05, 0) is 24.3 Å². The van der Waals surface area contributed by atoms with Crippen molar-refractivity contribution in [3.63, 3.8) is 0 Å². The first-order valence-corrected chi connectivity index (χ1v) is 10.8. The highest BCUT2D eigenvalue weighted by Crippen LogP contribution is 2.25. The van der Waals surface area contributed by atoms with Gasteiger partial charge in [-0.1, -0.05) is 18.2 Å². The number of quaternary nitrogens is 1. The number of nitro benzene ring substituents is 1. The zero-order valence-corrected chi connectivity index (χ0v) is 17.1. The maximum absolute atomic E-state index is 13.2. The highest BCUT2D eigenvalue weighted by molar-refractivity contribution is 7.92. The van der Waals surface area contributed by atoms with Gasteiger partial charge in [0.05, 0.1) is 35.3 Å². The molecule has 2 aromatic carbocycles. The first kappa shape index (κ1) is 23.7. The fraction of sp³-hybridized carbons (Fsp3) is 0.368. The minimum absolute atomic E-state index is 0.125. The lowest BCUT2D eigenvalue weighted by Gasteiger charge is -2.28. The number of aliphatic hydroxyl groups is 3. The highest BCUT2D eigenvalue weighted by Gasteiger charge is 2.29. The Morgan fingerprint density at radius 2 is 1.57 bits per heavy atom. The van der Waals surface area contributed by atoms with Crippen LogP contribution < -0.4 is 9.21 Å². The molecule has 0 saturated heterocycles. The number of hydrogen-bond donors (Lipinski definition) is 4. The van der Waals surface area contributed by atoms with Gasteiger partial charge < -0.3 is 20.2 Å². The second-order valence-electron chi connectivity index (χ2n) is 6.68. The van der Waals surface area contributed by atoms with Crippen molar-refractivity contribution >= 4 is 21.4 Å². The summed E-state index contributed by atoms with van der Waals surface area (Å²) in [5.74, 6) is 0. The van der Waals surface area contributed by atoms with E-state index in [1.165, 1.54) is 0 Å². The summed E-state index contributed by atoms with van der Waals surface area (Å²) in [5.41, 5.74) is 0.105. The molecule has 0 aliphatic carbocycles. The molecule has 0 bridgehead atoms. The van der Waals surface area contributed by atoms with E-state index in [1.807, 2.05) is 0 Å². The maximum Gasteiger partial charge on any atom is 0.269 e. The van der Waals surface area contributed by atoms with Crippen molar-refractivity contribution in [2.45, 2.75) is 11.0 Å². The van der Waals surface area contributed by atoms with E-state index >= 15 is 0 Å². The van der Waals surface area contributed by atoms with E-state index in [2.05, 4.69) is 0 Å². The molecule has 2 rings (SSSR count). The topological polar surface area (TPSA) is 146 Å². The lowest BCUT2D eigenvalue weighted by Crippen LogP contribution is -3.14. The predicted molar refractivity (Wildman–Crippen MR) is 110 cm³/mol. The molecule has 1 atom stereocenters. The first-order chi connectivity index (χ1) is 14.3. The van der Waals surface area contributed by atoms with E-state index < -0.39 is 21.1 Å². The number of nitrogens with one attached hydrogen (secondary N) is 1. The van der Waals surface area contributed by atoms with E-state index in [1.54, 1.807) is 30.3 Å². The summed E-state index contributed by atoms with van der Waals surface area (Å²) in [4.78, 5) is 10.8. The molecule has 11 heteroatoms. The van der Waals surface area contributed by atoms with Crippen LogP contribution in [0.5, 0.6) is 0 Å². The third-order valence-electron chi connectivity index (χ3n) is 4.51. The molecule has 0 aliphatic heterocycles. The third kappa shape index (κ3) is 6.21. The van der Waals surface area contributed by atoms with Gasteiger partial charge in [0.15, 0.2) is 0 Å². The van der Waals surface area contributed by atoms with Gasteiger partial charge in [-0.3, -0.25) is 14.4 Å². The minimum atomic E-state index is -4.11. The summed E-state index contributed by atoms with van der Waals surface area (Å²) in [7, 11) is -4.11. The third-order valence-corrected chi connectivity index (χ3v) is 6.32. The van der Waals surface area contributed by atoms with Crippen LogP contribution in [0.15, 0.2) is 59.5 Å². The maximum atomic E-state index is 13.2. The van der Waals surface area contributed by atoms with Crippen LogP contribution >= 0.6 is 0 Å². The standard InChI is InChI=1S/C19H25N3O7S/c23-12-10-20(11-13-24)14-18(25)15-21(16-4-2-1-3-5-16)30(28,29)19-8-6-17(7-9-19)22(26)27/h1-9,18,23-25H,10-15H2/p+1/t18-/m0/s1. The summed E-state index contributed by atoms with van der Waals surface area (Å²) in [6.45, 7) is 0.205. The number of benzene rings is 2. The van der Waals surface area contributed by atoms with Crippen LogP contribution in [-0.4, -0.2) is 74.2 Å². The number of para-hydroxylation sites is 1. The van der Waals surface area contributed by atoms with E-state index in [0.717, 1.165) is 33.5 Å². The van der Waals surface area contributed by atoms with Crippen LogP contribution in [0.25, 0.3) is 0 Å². The molecule has 0 spiro atoms. The van der Waals surface area contributed by atoms with E-state index in [-0.39, 0.29) is 36.9 Å². The second-order valence-corrected chi connectivity index (χ2v) is 8.54. The fourth-order valence-corrected chi connectivity index (χ4v) is 4.54. The lowest BCUT2D eigenvalue weighted by molar-refractivity contribution is -0.903. The van der Waals surface area contributed by atoms with Gasteiger partial charge in [-0.2, -0.15) is 0 Å². The fourth-order valence-electron chi connectivity index (χ4n) is 3.04. The molecule has 0 aromatic heterocycles. The summed E-state index contributed by atoms with van der Waals surface area (Å²) < 4.78 is 27.5. The molecule has 0 amide bonds. The van der Waals surface area contributed by atoms with Crippen LogP contribution in [-0.2, 0) is 10.0 Å². The average Bonchev–Trinajstić information content (AvgIpc) is 2.73. The monoisotopic (exact) mass is 440 g/mol. The number of sulfonamides is 1. The number of non-ortho nitro benzene ring substituents is 1. The van der Waals surface area contributed by atoms with Crippen molar-refractivity contribution in [2.24, 2.45) is 0 Å². The summed E-state index contributed by atoms with van der Waals surface area (Å²) >= 11 is 0. The Morgan fingerprint density at radius 1 is 1.00 bits per heavy atom. The van der Waals surface area contributed by atoms with Gasteiger partial charge in [0, 0.05) is 12.1 Å². The number of hydrogen-bond acceptors (Lipinski definition) is 7. The van der Waals surface area contributed by atoms with Gasteiger partial charge in [-0.15, -0.1) is 0 Å². The van der Waals surface area contributed by atoms with Crippen molar-refractivity contribution in [1.82, 2.24) is 0 Å². The summed E-state index contributed by atoms with van der Waals surface area (Å²) in [6, 6.07) is 12.8. The van der Waals surface area contributed by atoms with Crippen molar-refractivity contribution in [1.29, 1.82) is 0 Å². The molecule has 0 aliphatic rings. The molecular formula is C19H26N3O7S+. The zero-order valence-electron chi connectivity index (χ0n) is 16.3. The van der Waals surface area contributed by atoms with Crippen LogP contribution in [0.1, 0.15) is 0 Å². The van der Waals surface area contributed by atoms with Gasteiger partial charge >= 0.3 is 0 Å². The molecule has 4 N–H and O–H groups in total. The van der Waals surface area contributed by atoms with Gasteiger partial charge in [0.2, 0.25) is 0 Å². The predicted octanol–water partition coefficient (Wildman–Crippen LogP) is -0.979. The molecule has 30 heavy (non-hydrogen) atoms. The van der Waals surface area contributed by atoms with Gasteiger partial charge in [-0.25, -0.2) is 8.42 Å². The number of nitrogens with zero attached hydrogens (tertiary/aromatic N) is 2. The Hall–Kier alpha value is -2.57. The number of rotatable bonds is 12. The number of anilines is 1. The second kappa shape index (κ2) is 11.0. The molecular weight excluding hydrogens is 414 g/mol. The molecule has 0 heterocycles. The normalized spacial score (nSPS) is 12.7. The summed E-state index contributed by atoms with van der Waals surface area (Å²) in [6.07, 6.45) is -1.08.